The quantitative estimate of drug-likeness (QED) is 0.717. The maximum Gasteiger partial charge on any atom is 0.327 e. The van der Waals surface area contributed by atoms with Crippen molar-refractivity contribution in [3.05, 3.63) is 24.3 Å². The first-order chi connectivity index (χ1) is 13.7. The van der Waals surface area contributed by atoms with E-state index >= 15 is 0 Å². The van der Waals surface area contributed by atoms with Crippen LogP contribution in [-0.4, -0.2) is 90.8 Å². The van der Waals surface area contributed by atoms with E-state index in [-0.39, 0.29) is 36.7 Å². The van der Waals surface area contributed by atoms with Crippen LogP contribution in [0.3, 0.4) is 0 Å². The molecule has 8 nitrogen and oxygen atoms in total. The van der Waals surface area contributed by atoms with E-state index in [2.05, 4.69) is 4.90 Å². The topological polar surface area (TPSA) is 71.6 Å². The number of piperidine rings is 1. The number of likely N-dealkylation sites (tertiary alicyclic amines) is 1. The maximum atomic E-state index is 12.8. The van der Waals surface area contributed by atoms with Crippen LogP contribution in [0, 0.1) is 0 Å². The molecule has 5 rings (SSSR count). The fraction of sp³-hybridized carbons (Fsp3) is 0.600. The molecule has 4 aliphatic rings. The first-order valence-electron chi connectivity index (χ1n) is 10.0. The van der Waals surface area contributed by atoms with E-state index in [0.717, 1.165) is 37.4 Å². The molecule has 150 valence electrons. The molecule has 0 N–H and O–H groups in total. The third-order valence-electron chi connectivity index (χ3n) is 5.96. The summed E-state index contributed by atoms with van der Waals surface area (Å²) in [5.41, 5.74) is 0. The van der Waals surface area contributed by atoms with E-state index < -0.39 is 0 Å². The molecule has 2 atom stereocenters. The molecule has 0 aromatic heterocycles. The minimum atomic E-state index is -0.156. The van der Waals surface area contributed by atoms with E-state index in [1.807, 2.05) is 24.3 Å². The highest BCUT2D eigenvalue weighted by molar-refractivity contribution is 6.02. The summed E-state index contributed by atoms with van der Waals surface area (Å²) in [6.07, 6.45) is 1.76. The number of hydrogen-bond donors (Lipinski definition) is 0. The Balaban J connectivity index is 1.21. The molecular weight excluding hydrogens is 362 g/mol. The SMILES string of the molecule is O=C1CN(C2COC2)C(=O)N1[C@H]1CCCN(C[C@H]2COc3ccccc3O2)C1. The largest absolute Gasteiger partial charge is 0.486 e. The summed E-state index contributed by atoms with van der Waals surface area (Å²) < 4.78 is 17.1. The minimum Gasteiger partial charge on any atom is -0.486 e. The normalized spacial score (nSPS) is 28.6. The molecule has 1 aromatic rings. The molecule has 0 aliphatic carbocycles. The van der Waals surface area contributed by atoms with Crippen molar-refractivity contribution in [1.82, 2.24) is 14.7 Å². The van der Waals surface area contributed by atoms with Gasteiger partial charge in [-0.1, -0.05) is 12.1 Å². The summed E-state index contributed by atoms with van der Waals surface area (Å²) in [7, 11) is 0. The number of ether oxygens (including phenoxy) is 3. The highest BCUT2D eigenvalue weighted by atomic mass is 16.6. The third-order valence-corrected chi connectivity index (χ3v) is 5.96. The lowest BCUT2D eigenvalue weighted by Crippen LogP contribution is -2.55. The number of urea groups is 1. The Kier molecular flexibility index (Phi) is 4.60. The lowest BCUT2D eigenvalue weighted by molar-refractivity contribution is -0.128. The van der Waals surface area contributed by atoms with Crippen LogP contribution in [0.15, 0.2) is 24.3 Å². The Morgan fingerprint density at radius 1 is 1.04 bits per heavy atom. The molecule has 1 aromatic carbocycles. The lowest BCUT2D eigenvalue weighted by Gasteiger charge is -2.39. The Labute approximate surface area is 163 Å². The molecule has 3 amide bonds. The van der Waals surface area contributed by atoms with Gasteiger partial charge in [0.2, 0.25) is 0 Å². The van der Waals surface area contributed by atoms with Crippen LogP contribution >= 0.6 is 0 Å². The molecule has 4 aliphatic heterocycles. The molecule has 0 unspecified atom stereocenters. The third kappa shape index (κ3) is 3.20. The van der Waals surface area contributed by atoms with Gasteiger partial charge in [0.25, 0.3) is 5.91 Å². The van der Waals surface area contributed by atoms with Crippen molar-refractivity contribution in [3.63, 3.8) is 0 Å². The maximum absolute atomic E-state index is 12.8. The average molecular weight is 387 g/mol. The van der Waals surface area contributed by atoms with Crippen LogP contribution in [0.25, 0.3) is 0 Å². The standard InChI is InChI=1S/C20H25N3O5/c24-19-10-22(15-11-26-12-15)20(25)23(19)14-4-3-7-21(8-14)9-16-13-27-17-5-1-2-6-18(17)28-16/h1-2,5-6,14-16H,3-4,7-13H2/t14-,16-/m0/s1. The summed E-state index contributed by atoms with van der Waals surface area (Å²) in [4.78, 5) is 30.8. The lowest BCUT2D eigenvalue weighted by atomic mass is 10.0. The summed E-state index contributed by atoms with van der Waals surface area (Å²) in [6.45, 7) is 4.10. The van der Waals surface area contributed by atoms with E-state index in [0.29, 0.717) is 26.4 Å². The van der Waals surface area contributed by atoms with Gasteiger partial charge in [-0.05, 0) is 31.5 Å². The zero-order chi connectivity index (χ0) is 19.1. The number of rotatable bonds is 4. The van der Waals surface area contributed by atoms with Gasteiger partial charge < -0.3 is 19.1 Å². The minimum absolute atomic E-state index is 0.0500. The summed E-state index contributed by atoms with van der Waals surface area (Å²) in [5, 5.41) is 0. The Hall–Kier alpha value is -2.32. The number of hydrogen-bond acceptors (Lipinski definition) is 6. The highest BCUT2D eigenvalue weighted by Crippen LogP contribution is 2.31. The molecule has 0 spiro atoms. The molecule has 3 saturated heterocycles. The molecule has 8 heteroatoms. The molecule has 0 saturated carbocycles. The fourth-order valence-electron chi connectivity index (χ4n) is 4.43. The fourth-order valence-corrected chi connectivity index (χ4v) is 4.43. The second-order valence-electron chi connectivity index (χ2n) is 7.92. The van der Waals surface area contributed by atoms with Gasteiger partial charge in [-0.3, -0.25) is 14.6 Å². The first kappa shape index (κ1) is 17.8. The van der Waals surface area contributed by atoms with Crippen molar-refractivity contribution >= 4 is 11.9 Å². The van der Waals surface area contributed by atoms with Crippen LogP contribution in [0.1, 0.15) is 12.8 Å². The van der Waals surface area contributed by atoms with Gasteiger partial charge in [0.15, 0.2) is 11.5 Å². The molecule has 0 radical (unpaired) electrons. The number of amides is 3. The monoisotopic (exact) mass is 387 g/mol. The highest BCUT2D eigenvalue weighted by Gasteiger charge is 2.46. The van der Waals surface area contributed by atoms with Crippen LogP contribution in [0.5, 0.6) is 11.5 Å². The number of fused-ring (bicyclic) bond motifs is 1. The summed E-state index contributed by atoms with van der Waals surface area (Å²) in [5.74, 6) is 1.47. The average Bonchev–Trinajstić information content (AvgIpc) is 2.94. The Morgan fingerprint density at radius 3 is 2.64 bits per heavy atom. The number of imide groups is 1. The van der Waals surface area contributed by atoms with Crippen molar-refractivity contribution in [2.24, 2.45) is 0 Å². The second-order valence-corrected chi connectivity index (χ2v) is 7.92. The zero-order valence-electron chi connectivity index (χ0n) is 15.8. The van der Waals surface area contributed by atoms with Crippen molar-refractivity contribution < 1.29 is 23.8 Å². The number of para-hydroxylation sites is 2. The predicted octanol–water partition coefficient (Wildman–Crippen LogP) is 0.954. The molecule has 28 heavy (non-hydrogen) atoms. The molecule has 3 fully saturated rings. The number of benzene rings is 1. The van der Waals surface area contributed by atoms with Crippen LogP contribution in [0.2, 0.25) is 0 Å². The summed E-state index contributed by atoms with van der Waals surface area (Å²) in [6, 6.07) is 7.51. The van der Waals surface area contributed by atoms with Crippen molar-refractivity contribution in [2.75, 3.05) is 46.0 Å². The number of nitrogens with zero attached hydrogens (tertiary/aromatic N) is 3. The van der Waals surface area contributed by atoms with Crippen molar-refractivity contribution in [2.45, 2.75) is 31.0 Å². The van der Waals surface area contributed by atoms with Crippen molar-refractivity contribution in [3.8, 4) is 11.5 Å². The van der Waals surface area contributed by atoms with Gasteiger partial charge in [-0.15, -0.1) is 0 Å². The zero-order valence-corrected chi connectivity index (χ0v) is 15.8. The molecule has 0 bridgehead atoms. The summed E-state index contributed by atoms with van der Waals surface area (Å²) >= 11 is 0. The van der Waals surface area contributed by atoms with E-state index in [9.17, 15) is 9.59 Å². The van der Waals surface area contributed by atoms with Gasteiger partial charge in [0, 0.05) is 13.1 Å². The second kappa shape index (κ2) is 7.25. The number of carbonyl (C=O) groups is 2. The first-order valence-corrected chi connectivity index (χ1v) is 10.0. The van der Waals surface area contributed by atoms with E-state index in [4.69, 9.17) is 14.2 Å². The Bertz CT molecular complexity index is 768. The smallest absolute Gasteiger partial charge is 0.327 e. The van der Waals surface area contributed by atoms with Crippen LogP contribution in [0.4, 0.5) is 4.79 Å². The van der Waals surface area contributed by atoms with Gasteiger partial charge in [0.05, 0.1) is 25.3 Å². The van der Waals surface area contributed by atoms with E-state index in [1.165, 1.54) is 4.90 Å². The van der Waals surface area contributed by atoms with Gasteiger partial charge in [-0.2, -0.15) is 0 Å². The van der Waals surface area contributed by atoms with Crippen LogP contribution in [-0.2, 0) is 9.53 Å². The Morgan fingerprint density at radius 2 is 1.86 bits per heavy atom. The van der Waals surface area contributed by atoms with Gasteiger partial charge in [-0.25, -0.2) is 4.79 Å². The molecule has 4 heterocycles. The molecular formula is C20H25N3O5. The van der Waals surface area contributed by atoms with Gasteiger partial charge >= 0.3 is 6.03 Å². The van der Waals surface area contributed by atoms with Crippen LogP contribution < -0.4 is 9.47 Å². The van der Waals surface area contributed by atoms with Gasteiger partial charge in [0.1, 0.15) is 19.3 Å². The van der Waals surface area contributed by atoms with E-state index in [1.54, 1.807) is 4.90 Å². The number of carbonyl (C=O) groups excluding carboxylic acids is 2. The van der Waals surface area contributed by atoms with Crippen molar-refractivity contribution in [1.29, 1.82) is 0 Å². The predicted molar refractivity (Wildman–Crippen MR) is 99.4 cm³/mol.